The number of rotatable bonds is 7. The number of hydrogen-bond acceptors (Lipinski definition) is 3. The smallest absolute Gasteiger partial charge is 0.223 e. The summed E-state index contributed by atoms with van der Waals surface area (Å²) in [6.45, 7) is 2.67. The van der Waals surface area contributed by atoms with Crippen LogP contribution in [-0.4, -0.2) is 12.5 Å². The van der Waals surface area contributed by atoms with Gasteiger partial charge in [-0.1, -0.05) is 25.8 Å². The van der Waals surface area contributed by atoms with Crippen molar-refractivity contribution in [3.05, 3.63) is 22.4 Å². The Bertz CT molecular complexity index is 399. The summed E-state index contributed by atoms with van der Waals surface area (Å²) >= 11 is 1.75. The van der Waals surface area contributed by atoms with Crippen LogP contribution in [0.15, 0.2) is 17.5 Å². The molecule has 1 saturated carbocycles. The maximum absolute atomic E-state index is 12.4. The Morgan fingerprint density at radius 1 is 1.50 bits per heavy atom. The summed E-state index contributed by atoms with van der Waals surface area (Å²) in [5.41, 5.74) is 5.52. The number of nitrogens with two attached hydrogens (primary N) is 1. The Morgan fingerprint density at radius 3 is 2.85 bits per heavy atom. The summed E-state index contributed by atoms with van der Waals surface area (Å²) in [7, 11) is 0. The molecule has 2 atom stereocenters. The fraction of sp³-hybridized carbons (Fsp3) is 0.688. The van der Waals surface area contributed by atoms with Crippen LogP contribution in [-0.2, 0) is 4.79 Å². The van der Waals surface area contributed by atoms with Crippen molar-refractivity contribution in [2.45, 2.75) is 51.5 Å². The molecule has 112 valence electrons. The van der Waals surface area contributed by atoms with Crippen molar-refractivity contribution in [1.29, 1.82) is 0 Å². The van der Waals surface area contributed by atoms with E-state index in [1.807, 2.05) is 6.92 Å². The Hall–Kier alpha value is -0.870. The molecule has 4 heteroatoms. The minimum absolute atomic E-state index is 0.0578. The maximum Gasteiger partial charge on any atom is 0.223 e. The zero-order valence-corrected chi connectivity index (χ0v) is 13.1. The lowest BCUT2D eigenvalue weighted by molar-refractivity contribution is -0.125. The Kier molecular flexibility index (Phi) is 6.05. The minimum Gasteiger partial charge on any atom is -0.348 e. The van der Waals surface area contributed by atoms with Crippen LogP contribution in [0.25, 0.3) is 0 Å². The lowest BCUT2D eigenvalue weighted by Gasteiger charge is -2.25. The van der Waals surface area contributed by atoms with Crippen molar-refractivity contribution in [2.75, 3.05) is 6.54 Å². The predicted octanol–water partition coefficient (Wildman–Crippen LogP) is 3.47. The van der Waals surface area contributed by atoms with Gasteiger partial charge in [-0.15, -0.1) is 11.3 Å². The first-order chi connectivity index (χ1) is 9.72. The molecule has 1 heterocycles. The summed E-state index contributed by atoms with van der Waals surface area (Å²) in [6.07, 6.45) is 6.86. The van der Waals surface area contributed by atoms with Gasteiger partial charge in [-0.3, -0.25) is 4.79 Å². The number of carbonyl (C=O) groups excluding carboxylic acids is 1. The standard InChI is InChI=1S/C16H26N2OS/c1-12(6-4-10-17)16(19)18-15(13-7-2-3-8-13)14-9-5-11-20-14/h5,9,11-13,15H,2-4,6-8,10,17H2,1H3,(H,18,19). The van der Waals surface area contributed by atoms with E-state index in [1.54, 1.807) is 11.3 Å². The molecule has 1 aliphatic carbocycles. The van der Waals surface area contributed by atoms with Gasteiger partial charge in [-0.05, 0) is 49.6 Å². The van der Waals surface area contributed by atoms with Gasteiger partial charge in [0.05, 0.1) is 6.04 Å². The Labute approximate surface area is 125 Å². The van der Waals surface area contributed by atoms with Crippen molar-refractivity contribution in [3.63, 3.8) is 0 Å². The summed E-state index contributed by atoms with van der Waals surface area (Å²) in [5, 5.41) is 5.40. The monoisotopic (exact) mass is 294 g/mol. The topological polar surface area (TPSA) is 55.1 Å². The second-order valence-corrected chi connectivity index (χ2v) is 6.86. The van der Waals surface area contributed by atoms with E-state index in [9.17, 15) is 4.79 Å². The maximum atomic E-state index is 12.4. The van der Waals surface area contributed by atoms with E-state index in [-0.39, 0.29) is 17.9 Å². The van der Waals surface area contributed by atoms with Crippen molar-refractivity contribution in [2.24, 2.45) is 17.6 Å². The lowest BCUT2D eigenvalue weighted by atomic mass is 9.95. The average Bonchev–Trinajstić information content (AvgIpc) is 3.14. The van der Waals surface area contributed by atoms with Crippen LogP contribution in [0.3, 0.4) is 0 Å². The molecule has 3 N–H and O–H groups in total. The molecular weight excluding hydrogens is 268 g/mol. The fourth-order valence-electron chi connectivity index (χ4n) is 3.03. The zero-order chi connectivity index (χ0) is 14.4. The van der Waals surface area contributed by atoms with Gasteiger partial charge in [0, 0.05) is 10.8 Å². The molecule has 0 aliphatic heterocycles. The van der Waals surface area contributed by atoms with Gasteiger partial charge in [0.1, 0.15) is 0 Å². The van der Waals surface area contributed by atoms with Crippen molar-refractivity contribution < 1.29 is 4.79 Å². The highest BCUT2D eigenvalue weighted by molar-refractivity contribution is 7.10. The van der Waals surface area contributed by atoms with Crippen LogP contribution in [0.2, 0.25) is 0 Å². The molecule has 1 aromatic rings. The zero-order valence-electron chi connectivity index (χ0n) is 12.3. The molecule has 0 radical (unpaired) electrons. The van der Waals surface area contributed by atoms with Crippen molar-refractivity contribution in [1.82, 2.24) is 5.32 Å². The summed E-state index contributed by atoms with van der Waals surface area (Å²) in [4.78, 5) is 13.7. The highest BCUT2D eigenvalue weighted by Crippen LogP contribution is 2.37. The van der Waals surface area contributed by atoms with Gasteiger partial charge in [-0.2, -0.15) is 0 Å². The van der Waals surface area contributed by atoms with Gasteiger partial charge < -0.3 is 11.1 Å². The van der Waals surface area contributed by atoms with Gasteiger partial charge in [0.15, 0.2) is 0 Å². The van der Waals surface area contributed by atoms with Gasteiger partial charge in [0.2, 0.25) is 5.91 Å². The first-order valence-electron chi connectivity index (χ1n) is 7.76. The molecule has 0 aromatic carbocycles. The van der Waals surface area contributed by atoms with Gasteiger partial charge >= 0.3 is 0 Å². The number of hydrogen-bond donors (Lipinski definition) is 2. The quantitative estimate of drug-likeness (QED) is 0.809. The normalized spacial score (nSPS) is 18.9. The van der Waals surface area contributed by atoms with Crippen LogP contribution in [0.4, 0.5) is 0 Å². The molecule has 0 saturated heterocycles. The van der Waals surface area contributed by atoms with Crippen LogP contribution < -0.4 is 11.1 Å². The lowest BCUT2D eigenvalue weighted by Crippen LogP contribution is -2.36. The van der Waals surface area contributed by atoms with Crippen LogP contribution in [0, 0.1) is 11.8 Å². The second kappa shape index (κ2) is 7.79. The van der Waals surface area contributed by atoms with E-state index < -0.39 is 0 Å². The molecule has 20 heavy (non-hydrogen) atoms. The molecule has 0 spiro atoms. The van der Waals surface area contributed by atoms with Crippen LogP contribution in [0.5, 0.6) is 0 Å². The molecule has 2 unspecified atom stereocenters. The molecular formula is C16H26N2OS. The molecule has 2 rings (SSSR count). The predicted molar refractivity (Wildman–Crippen MR) is 84.6 cm³/mol. The largest absolute Gasteiger partial charge is 0.348 e. The van der Waals surface area contributed by atoms with E-state index in [2.05, 4.69) is 22.8 Å². The number of carbonyl (C=O) groups is 1. The number of nitrogens with one attached hydrogen (secondary N) is 1. The van der Waals surface area contributed by atoms with E-state index in [0.717, 1.165) is 12.8 Å². The van der Waals surface area contributed by atoms with Crippen molar-refractivity contribution >= 4 is 17.2 Å². The fourth-order valence-corrected chi connectivity index (χ4v) is 3.90. The third-order valence-electron chi connectivity index (χ3n) is 4.31. The number of amides is 1. The van der Waals surface area contributed by atoms with E-state index in [1.165, 1.54) is 30.6 Å². The van der Waals surface area contributed by atoms with E-state index in [0.29, 0.717) is 12.5 Å². The SMILES string of the molecule is CC(CCCN)C(=O)NC(c1cccs1)C1CCCC1. The van der Waals surface area contributed by atoms with Crippen molar-refractivity contribution in [3.8, 4) is 0 Å². The Morgan fingerprint density at radius 2 is 2.25 bits per heavy atom. The van der Waals surface area contributed by atoms with Crippen LogP contribution in [0.1, 0.15) is 56.4 Å². The molecule has 1 amide bonds. The molecule has 0 bridgehead atoms. The summed E-state index contributed by atoms with van der Waals surface area (Å²) in [6, 6.07) is 4.44. The second-order valence-electron chi connectivity index (χ2n) is 5.88. The number of thiophene rings is 1. The molecule has 3 nitrogen and oxygen atoms in total. The molecule has 1 fully saturated rings. The molecule has 1 aliphatic rings. The Balaban J connectivity index is 1.98. The third kappa shape index (κ3) is 4.06. The third-order valence-corrected chi connectivity index (χ3v) is 5.26. The van der Waals surface area contributed by atoms with Crippen LogP contribution >= 0.6 is 11.3 Å². The highest BCUT2D eigenvalue weighted by Gasteiger charge is 2.29. The highest BCUT2D eigenvalue weighted by atomic mass is 32.1. The first-order valence-corrected chi connectivity index (χ1v) is 8.64. The molecule has 1 aromatic heterocycles. The first kappa shape index (κ1) is 15.5. The summed E-state index contributed by atoms with van der Waals surface area (Å²) in [5.74, 6) is 0.852. The van der Waals surface area contributed by atoms with E-state index in [4.69, 9.17) is 5.73 Å². The average molecular weight is 294 g/mol. The summed E-state index contributed by atoms with van der Waals surface area (Å²) < 4.78 is 0. The van der Waals surface area contributed by atoms with E-state index >= 15 is 0 Å². The van der Waals surface area contributed by atoms with Gasteiger partial charge in [0.25, 0.3) is 0 Å². The minimum atomic E-state index is 0.0578. The van der Waals surface area contributed by atoms with Gasteiger partial charge in [-0.25, -0.2) is 0 Å².